The Morgan fingerprint density at radius 2 is 1.68 bits per heavy atom. The lowest BCUT2D eigenvalue weighted by Gasteiger charge is -2.09. The Balaban J connectivity index is 2.23. The number of aryl methyl sites for hydroxylation is 1. The third-order valence-electron chi connectivity index (χ3n) is 3.35. The van der Waals surface area contributed by atoms with Crippen LogP contribution in [0.1, 0.15) is 5.56 Å². The molecule has 0 amide bonds. The van der Waals surface area contributed by atoms with E-state index in [-0.39, 0.29) is 14.8 Å². The minimum atomic E-state index is -3.72. The van der Waals surface area contributed by atoms with Gasteiger partial charge in [-0.05, 0) is 37.3 Å². The molecule has 6 heteroatoms. The molecule has 0 fully saturated rings. The molecule has 3 rings (SSSR count). The van der Waals surface area contributed by atoms with Crippen molar-refractivity contribution in [3.63, 3.8) is 0 Å². The number of fused-ring (bicyclic) bond motifs is 1. The van der Waals surface area contributed by atoms with Crippen LogP contribution in [-0.2, 0) is 9.84 Å². The lowest BCUT2D eigenvalue weighted by Crippen LogP contribution is -2.04. The van der Waals surface area contributed by atoms with Crippen molar-refractivity contribution in [2.45, 2.75) is 16.7 Å². The van der Waals surface area contributed by atoms with Crippen LogP contribution in [0.5, 0.6) is 0 Å². The van der Waals surface area contributed by atoms with E-state index in [4.69, 9.17) is 23.2 Å². The van der Waals surface area contributed by atoms with Gasteiger partial charge in [0.25, 0.3) is 0 Å². The largest absolute Gasteiger partial charge is 0.255 e. The van der Waals surface area contributed by atoms with Crippen LogP contribution >= 0.6 is 23.2 Å². The quantitative estimate of drug-likeness (QED) is 0.673. The number of hydrogen-bond acceptors (Lipinski definition) is 3. The monoisotopic (exact) mass is 351 g/mol. The molecule has 0 aliphatic heterocycles. The van der Waals surface area contributed by atoms with Gasteiger partial charge in [-0.25, -0.2) is 8.42 Å². The molecule has 1 heterocycles. The molecule has 0 atom stereocenters. The maximum Gasteiger partial charge on any atom is 0.209 e. The minimum Gasteiger partial charge on any atom is -0.255 e. The molecule has 0 radical (unpaired) electrons. The van der Waals surface area contributed by atoms with Gasteiger partial charge in [-0.15, -0.1) is 0 Å². The molecule has 22 heavy (non-hydrogen) atoms. The smallest absolute Gasteiger partial charge is 0.209 e. The lowest BCUT2D eigenvalue weighted by molar-refractivity contribution is 0.596. The standard InChI is InChI=1S/C16H11Cl2NO2S/c1-10-2-5-12(6-3-10)22(20,21)15-9-19-14-8-11(17)4-7-13(14)16(15)18/h2-9H,1H3. The number of nitrogens with zero attached hydrogens (tertiary/aromatic N) is 1. The second-order valence-corrected chi connectivity index (χ2v) is 7.65. The average Bonchev–Trinajstić information content (AvgIpc) is 2.47. The number of rotatable bonds is 2. The van der Waals surface area contributed by atoms with E-state index in [1.54, 1.807) is 42.5 Å². The number of sulfone groups is 1. The third kappa shape index (κ3) is 2.58. The van der Waals surface area contributed by atoms with Crippen molar-refractivity contribution in [1.82, 2.24) is 4.98 Å². The van der Waals surface area contributed by atoms with Gasteiger partial charge in [-0.3, -0.25) is 4.98 Å². The Bertz CT molecular complexity index is 967. The van der Waals surface area contributed by atoms with Gasteiger partial charge in [0, 0.05) is 16.6 Å². The van der Waals surface area contributed by atoms with Gasteiger partial charge >= 0.3 is 0 Å². The van der Waals surface area contributed by atoms with Crippen molar-refractivity contribution in [1.29, 1.82) is 0 Å². The highest BCUT2D eigenvalue weighted by Gasteiger charge is 2.22. The highest BCUT2D eigenvalue weighted by Crippen LogP contribution is 2.33. The summed E-state index contributed by atoms with van der Waals surface area (Å²) in [6.07, 6.45) is 1.27. The first-order chi connectivity index (χ1) is 10.4. The zero-order chi connectivity index (χ0) is 15.9. The van der Waals surface area contributed by atoms with Crippen molar-refractivity contribution in [2.24, 2.45) is 0 Å². The first-order valence-corrected chi connectivity index (χ1v) is 8.69. The Morgan fingerprint density at radius 3 is 2.36 bits per heavy atom. The normalized spacial score (nSPS) is 11.8. The number of benzene rings is 2. The van der Waals surface area contributed by atoms with E-state index in [9.17, 15) is 8.42 Å². The fourth-order valence-electron chi connectivity index (χ4n) is 2.15. The Morgan fingerprint density at radius 1 is 1.00 bits per heavy atom. The van der Waals surface area contributed by atoms with E-state index >= 15 is 0 Å². The maximum atomic E-state index is 12.7. The third-order valence-corrected chi connectivity index (χ3v) is 5.89. The molecule has 0 unspecified atom stereocenters. The maximum absolute atomic E-state index is 12.7. The van der Waals surface area contributed by atoms with Crippen molar-refractivity contribution in [2.75, 3.05) is 0 Å². The SMILES string of the molecule is Cc1ccc(S(=O)(=O)c2cnc3cc(Cl)ccc3c2Cl)cc1. The van der Waals surface area contributed by atoms with Gasteiger partial charge in [0.1, 0.15) is 4.90 Å². The van der Waals surface area contributed by atoms with Crippen LogP contribution in [0.2, 0.25) is 10.0 Å². The summed E-state index contributed by atoms with van der Waals surface area (Å²) in [6.45, 7) is 1.89. The van der Waals surface area contributed by atoms with Crippen molar-refractivity contribution in [3.05, 3.63) is 64.3 Å². The predicted octanol–water partition coefficient (Wildman–Crippen LogP) is 4.68. The van der Waals surface area contributed by atoms with E-state index in [1.807, 2.05) is 6.92 Å². The fourth-order valence-corrected chi connectivity index (χ4v) is 4.11. The molecule has 0 bridgehead atoms. The number of hydrogen-bond donors (Lipinski definition) is 0. The predicted molar refractivity (Wildman–Crippen MR) is 88.4 cm³/mol. The first kappa shape index (κ1) is 15.3. The van der Waals surface area contributed by atoms with Crippen LogP contribution in [-0.4, -0.2) is 13.4 Å². The molecule has 3 nitrogen and oxygen atoms in total. The van der Waals surface area contributed by atoms with Crippen LogP contribution in [0.4, 0.5) is 0 Å². The molecule has 2 aromatic carbocycles. The summed E-state index contributed by atoms with van der Waals surface area (Å²) in [4.78, 5) is 4.35. The van der Waals surface area contributed by atoms with Crippen molar-refractivity contribution < 1.29 is 8.42 Å². The molecule has 0 aliphatic rings. The molecule has 0 spiro atoms. The van der Waals surface area contributed by atoms with E-state index in [1.165, 1.54) is 6.20 Å². The van der Waals surface area contributed by atoms with Gasteiger partial charge < -0.3 is 0 Å². The molecule has 3 aromatic rings. The minimum absolute atomic E-state index is 0.00663. The summed E-state index contributed by atoms with van der Waals surface area (Å²) in [6, 6.07) is 11.6. The second-order valence-electron chi connectivity index (χ2n) is 4.91. The summed E-state index contributed by atoms with van der Waals surface area (Å²) in [5, 5.41) is 1.23. The molecule has 0 N–H and O–H groups in total. The van der Waals surface area contributed by atoms with E-state index in [0.717, 1.165) is 5.56 Å². The van der Waals surface area contributed by atoms with E-state index in [0.29, 0.717) is 15.9 Å². The summed E-state index contributed by atoms with van der Waals surface area (Å²) in [7, 11) is -3.72. The van der Waals surface area contributed by atoms with E-state index in [2.05, 4.69) is 4.98 Å². The number of pyridine rings is 1. The molecule has 0 saturated carbocycles. The molecular formula is C16H11Cl2NO2S. The summed E-state index contributed by atoms with van der Waals surface area (Å²) >= 11 is 12.2. The average molecular weight is 352 g/mol. The second kappa shape index (κ2) is 5.54. The molecule has 0 aliphatic carbocycles. The Kier molecular flexibility index (Phi) is 3.85. The summed E-state index contributed by atoms with van der Waals surface area (Å²) < 4.78 is 25.5. The van der Waals surface area contributed by atoms with Crippen LogP contribution in [0, 0.1) is 6.92 Å². The highest BCUT2D eigenvalue weighted by molar-refractivity contribution is 7.91. The Hall–Kier alpha value is -1.62. The fraction of sp³-hybridized carbons (Fsp3) is 0.0625. The van der Waals surface area contributed by atoms with Gasteiger partial charge in [0.15, 0.2) is 0 Å². The van der Waals surface area contributed by atoms with Crippen LogP contribution in [0.25, 0.3) is 10.9 Å². The van der Waals surface area contributed by atoms with Crippen molar-refractivity contribution in [3.8, 4) is 0 Å². The van der Waals surface area contributed by atoms with Gasteiger partial charge in [0.2, 0.25) is 9.84 Å². The highest BCUT2D eigenvalue weighted by atomic mass is 35.5. The van der Waals surface area contributed by atoms with Crippen molar-refractivity contribution >= 4 is 43.9 Å². The van der Waals surface area contributed by atoms with E-state index < -0.39 is 9.84 Å². The van der Waals surface area contributed by atoms with Gasteiger partial charge in [-0.2, -0.15) is 0 Å². The Labute approximate surface area is 138 Å². The zero-order valence-corrected chi connectivity index (χ0v) is 13.9. The molecule has 1 aromatic heterocycles. The summed E-state index contributed by atoms with van der Waals surface area (Å²) in [5.41, 5.74) is 1.54. The van der Waals surface area contributed by atoms with Crippen LogP contribution in [0.15, 0.2) is 58.5 Å². The van der Waals surface area contributed by atoms with Gasteiger partial charge in [-0.1, -0.05) is 40.9 Å². The molecule has 112 valence electrons. The molecular weight excluding hydrogens is 341 g/mol. The number of aromatic nitrogens is 1. The zero-order valence-electron chi connectivity index (χ0n) is 11.5. The first-order valence-electron chi connectivity index (χ1n) is 6.45. The van der Waals surface area contributed by atoms with Crippen LogP contribution < -0.4 is 0 Å². The summed E-state index contributed by atoms with van der Waals surface area (Å²) in [5.74, 6) is 0. The topological polar surface area (TPSA) is 47.0 Å². The van der Waals surface area contributed by atoms with Gasteiger partial charge in [0.05, 0.1) is 15.4 Å². The lowest BCUT2D eigenvalue weighted by atomic mass is 10.2. The molecule has 0 saturated heterocycles. The number of halogens is 2. The van der Waals surface area contributed by atoms with Crippen LogP contribution in [0.3, 0.4) is 0 Å².